The smallest absolute Gasteiger partial charge is 0.305 e. The highest BCUT2D eigenvalue weighted by molar-refractivity contribution is 7.98. The van der Waals surface area contributed by atoms with Crippen LogP contribution in [0, 0.1) is 5.92 Å². The maximum atomic E-state index is 10.3. The van der Waals surface area contributed by atoms with Crippen LogP contribution in [-0.2, 0) is 9.53 Å². The fraction of sp³-hybridized carbons (Fsp3) is 0.909. The molecule has 0 aliphatic carbocycles. The second kappa shape index (κ2) is 7.92. The first-order chi connectivity index (χ1) is 7.72. The van der Waals surface area contributed by atoms with Gasteiger partial charge in [-0.2, -0.15) is 0 Å². The maximum absolute atomic E-state index is 10.3. The van der Waals surface area contributed by atoms with Crippen molar-refractivity contribution in [1.29, 1.82) is 0 Å². The molecule has 0 amide bonds. The Hall–Kier alpha value is -0.260. The predicted molar refractivity (Wildman–Crippen MR) is 65.8 cm³/mol. The van der Waals surface area contributed by atoms with Gasteiger partial charge in [-0.1, -0.05) is 0 Å². The Balaban J connectivity index is 2.09. The third-order valence-corrected chi connectivity index (χ3v) is 3.35. The summed E-state index contributed by atoms with van der Waals surface area (Å²) in [7, 11) is 0. The van der Waals surface area contributed by atoms with Gasteiger partial charge in [-0.25, -0.2) is 0 Å². The molecule has 94 valence electrons. The van der Waals surface area contributed by atoms with Crippen molar-refractivity contribution in [3.8, 4) is 0 Å². The van der Waals surface area contributed by atoms with E-state index in [1.54, 1.807) is 0 Å². The number of hydrogen-bond acceptors (Lipinski definition) is 4. The van der Waals surface area contributed by atoms with Crippen molar-refractivity contribution in [1.82, 2.24) is 4.90 Å². The minimum Gasteiger partial charge on any atom is -0.481 e. The van der Waals surface area contributed by atoms with Gasteiger partial charge in [0, 0.05) is 12.4 Å². The van der Waals surface area contributed by atoms with E-state index in [9.17, 15) is 4.79 Å². The lowest BCUT2D eigenvalue weighted by Crippen LogP contribution is -2.36. The average molecular weight is 247 g/mol. The monoisotopic (exact) mass is 247 g/mol. The number of carboxylic acids is 1. The van der Waals surface area contributed by atoms with Gasteiger partial charge in [0.1, 0.15) is 0 Å². The molecule has 4 nitrogen and oxygen atoms in total. The van der Waals surface area contributed by atoms with Gasteiger partial charge in [0.05, 0.1) is 19.6 Å². The Kier molecular flexibility index (Phi) is 6.84. The molecule has 1 heterocycles. The van der Waals surface area contributed by atoms with Gasteiger partial charge in [-0.15, -0.1) is 11.8 Å². The molecule has 1 N–H and O–H groups in total. The van der Waals surface area contributed by atoms with Crippen LogP contribution in [0.25, 0.3) is 0 Å². The molecule has 0 saturated carbocycles. The topological polar surface area (TPSA) is 49.8 Å². The molecule has 5 heteroatoms. The number of aliphatic carboxylic acids is 1. The highest BCUT2D eigenvalue weighted by Crippen LogP contribution is 2.18. The van der Waals surface area contributed by atoms with Gasteiger partial charge in [-0.3, -0.25) is 9.69 Å². The van der Waals surface area contributed by atoms with Gasteiger partial charge in [0.2, 0.25) is 0 Å². The summed E-state index contributed by atoms with van der Waals surface area (Å²) >= 11 is 1.85. The van der Waals surface area contributed by atoms with E-state index < -0.39 is 5.97 Å². The average Bonchev–Trinajstić information content (AvgIpc) is 2.25. The standard InChI is InChI=1S/C11H21NO3S/c1-16-9-12-5-2-3-10(7-12)8-15-6-4-11(13)14/h10H,2-9H2,1H3,(H,13,14)/t10-/m1/s1. The molecule has 1 aliphatic rings. The van der Waals surface area contributed by atoms with E-state index in [1.165, 1.54) is 19.4 Å². The summed E-state index contributed by atoms with van der Waals surface area (Å²) < 4.78 is 5.40. The minimum absolute atomic E-state index is 0.112. The summed E-state index contributed by atoms with van der Waals surface area (Å²) in [5.41, 5.74) is 0. The summed E-state index contributed by atoms with van der Waals surface area (Å²) in [5.74, 6) is 0.883. The maximum Gasteiger partial charge on any atom is 0.305 e. The van der Waals surface area contributed by atoms with E-state index in [0.717, 1.165) is 12.4 Å². The lowest BCUT2D eigenvalue weighted by molar-refractivity contribution is -0.138. The molecule has 0 bridgehead atoms. The molecule has 1 aliphatic heterocycles. The molecule has 1 saturated heterocycles. The van der Waals surface area contributed by atoms with Crippen molar-refractivity contribution in [3.05, 3.63) is 0 Å². The largest absolute Gasteiger partial charge is 0.481 e. The molecular formula is C11H21NO3S. The Morgan fingerprint density at radius 3 is 3.12 bits per heavy atom. The fourth-order valence-electron chi connectivity index (χ4n) is 2.00. The number of carbonyl (C=O) groups is 1. The summed E-state index contributed by atoms with van der Waals surface area (Å²) in [6, 6.07) is 0. The van der Waals surface area contributed by atoms with Gasteiger partial charge in [0.15, 0.2) is 0 Å². The zero-order valence-electron chi connectivity index (χ0n) is 9.85. The zero-order valence-corrected chi connectivity index (χ0v) is 10.7. The first-order valence-corrected chi connectivity index (χ1v) is 7.12. The summed E-state index contributed by atoms with van der Waals surface area (Å²) in [5, 5.41) is 8.47. The van der Waals surface area contributed by atoms with Crippen LogP contribution in [0.4, 0.5) is 0 Å². The van der Waals surface area contributed by atoms with Crippen LogP contribution in [0.15, 0.2) is 0 Å². The molecule has 1 fully saturated rings. The lowest BCUT2D eigenvalue weighted by Gasteiger charge is -2.31. The van der Waals surface area contributed by atoms with Crippen molar-refractivity contribution in [2.24, 2.45) is 5.92 Å². The minimum atomic E-state index is -0.785. The van der Waals surface area contributed by atoms with E-state index in [-0.39, 0.29) is 6.42 Å². The van der Waals surface area contributed by atoms with Crippen molar-refractivity contribution in [3.63, 3.8) is 0 Å². The van der Waals surface area contributed by atoms with Crippen LogP contribution in [-0.4, -0.2) is 54.4 Å². The molecule has 1 atom stereocenters. The Bertz CT molecular complexity index is 211. The molecule has 0 aromatic heterocycles. The molecule has 1 rings (SSSR count). The zero-order chi connectivity index (χ0) is 11.8. The Morgan fingerprint density at radius 2 is 2.44 bits per heavy atom. The number of rotatable bonds is 7. The van der Waals surface area contributed by atoms with Gasteiger partial charge in [0.25, 0.3) is 0 Å². The van der Waals surface area contributed by atoms with Gasteiger partial charge in [-0.05, 0) is 31.6 Å². The first-order valence-electron chi connectivity index (χ1n) is 5.73. The molecule has 0 radical (unpaired) electrons. The first kappa shape index (κ1) is 13.8. The normalized spacial score (nSPS) is 22.2. The SMILES string of the molecule is CSCN1CCC[C@@H](COCCC(=O)O)C1. The number of nitrogens with zero attached hydrogens (tertiary/aromatic N) is 1. The number of piperidine rings is 1. The third kappa shape index (κ3) is 5.72. The van der Waals surface area contributed by atoms with E-state index >= 15 is 0 Å². The number of likely N-dealkylation sites (tertiary alicyclic amines) is 1. The molecule has 0 aromatic carbocycles. The van der Waals surface area contributed by atoms with Crippen LogP contribution >= 0.6 is 11.8 Å². The quantitative estimate of drug-likeness (QED) is 0.691. The van der Waals surface area contributed by atoms with E-state index in [0.29, 0.717) is 19.1 Å². The third-order valence-electron chi connectivity index (χ3n) is 2.73. The van der Waals surface area contributed by atoms with Crippen molar-refractivity contribution in [2.75, 3.05) is 38.4 Å². The van der Waals surface area contributed by atoms with Crippen LogP contribution in [0.5, 0.6) is 0 Å². The van der Waals surface area contributed by atoms with Crippen molar-refractivity contribution >= 4 is 17.7 Å². The van der Waals surface area contributed by atoms with Gasteiger partial charge >= 0.3 is 5.97 Å². The van der Waals surface area contributed by atoms with Crippen LogP contribution in [0.3, 0.4) is 0 Å². The van der Waals surface area contributed by atoms with Crippen molar-refractivity contribution in [2.45, 2.75) is 19.3 Å². The fourth-order valence-corrected chi connectivity index (χ4v) is 2.60. The number of hydrogen-bond donors (Lipinski definition) is 1. The summed E-state index contributed by atoms with van der Waals surface area (Å²) in [6.07, 6.45) is 4.67. The highest BCUT2D eigenvalue weighted by Gasteiger charge is 2.19. The van der Waals surface area contributed by atoms with Crippen LogP contribution in [0.2, 0.25) is 0 Å². The van der Waals surface area contributed by atoms with Crippen molar-refractivity contribution < 1.29 is 14.6 Å². The molecule has 16 heavy (non-hydrogen) atoms. The number of carboxylic acid groups (broad SMARTS) is 1. The Labute approximate surface area is 101 Å². The van der Waals surface area contributed by atoms with E-state index in [4.69, 9.17) is 9.84 Å². The molecule has 0 unspecified atom stereocenters. The molecule has 0 spiro atoms. The van der Waals surface area contributed by atoms with Crippen LogP contribution in [0.1, 0.15) is 19.3 Å². The molecular weight excluding hydrogens is 226 g/mol. The predicted octanol–water partition coefficient (Wildman–Crippen LogP) is 1.51. The second-order valence-corrected chi connectivity index (χ2v) is 5.06. The summed E-state index contributed by atoms with van der Waals surface area (Å²) in [4.78, 5) is 12.7. The van der Waals surface area contributed by atoms with Crippen LogP contribution < -0.4 is 0 Å². The lowest BCUT2D eigenvalue weighted by atomic mass is 10.00. The second-order valence-electron chi connectivity index (χ2n) is 4.22. The molecule has 0 aromatic rings. The summed E-state index contributed by atoms with van der Waals surface area (Å²) in [6.45, 7) is 3.33. The number of thioether (sulfide) groups is 1. The van der Waals surface area contributed by atoms with Gasteiger partial charge < -0.3 is 9.84 Å². The Morgan fingerprint density at radius 1 is 1.62 bits per heavy atom. The van der Waals surface area contributed by atoms with E-state index in [2.05, 4.69) is 11.2 Å². The highest BCUT2D eigenvalue weighted by atomic mass is 32.2. The van der Waals surface area contributed by atoms with E-state index in [1.807, 2.05) is 11.8 Å². The number of ether oxygens (including phenoxy) is 1.